The molecule has 0 radical (unpaired) electrons. The molecule has 0 aliphatic carbocycles. The number of amides is 1. The molecular formula is C22H30N2O5. The molecular weight excluding hydrogens is 372 g/mol. The molecule has 0 saturated carbocycles. The molecule has 7 nitrogen and oxygen atoms in total. The minimum Gasteiger partial charge on any atom is -0.508 e. The predicted molar refractivity (Wildman–Crippen MR) is 107 cm³/mol. The molecule has 3 aliphatic rings. The largest absolute Gasteiger partial charge is 0.508 e. The lowest BCUT2D eigenvalue weighted by Crippen LogP contribution is -2.45. The molecule has 1 unspecified atom stereocenters. The van der Waals surface area contributed by atoms with Gasteiger partial charge in [0.2, 0.25) is 0 Å². The van der Waals surface area contributed by atoms with Crippen LogP contribution in [0.1, 0.15) is 48.0 Å². The number of cyclic esters (lactones) is 1. The zero-order valence-corrected chi connectivity index (χ0v) is 17.0. The summed E-state index contributed by atoms with van der Waals surface area (Å²) in [5.41, 5.74) is 0.620. The third-order valence-corrected chi connectivity index (χ3v) is 6.89. The van der Waals surface area contributed by atoms with Gasteiger partial charge in [-0.05, 0) is 44.7 Å². The molecule has 158 valence electrons. The van der Waals surface area contributed by atoms with Crippen molar-refractivity contribution in [3.05, 3.63) is 29.3 Å². The number of aliphatic hydroxyl groups excluding tert-OH is 1. The van der Waals surface area contributed by atoms with Crippen molar-refractivity contribution in [2.45, 2.75) is 51.2 Å². The molecule has 29 heavy (non-hydrogen) atoms. The number of ether oxygens (including phenoxy) is 1. The van der Waals surface area contributed by atoms with Crippen LogP contribution in [0.25, 0.3) is 0 Å². The van der Waals surface area contributed by atoms with Gasteiger partial charge in [-0.1, -0.05) is 6.07 Å². The number of benzene rings is 1. The Morgan fingerprint density at radius 2 is 1.90 bits per heavy atom. The molecule has 3 fully saturated rings. The van der Waals surface area contributed by atoms with E-state index in [-0.39, 0.29) is 29.8 Å². The molecule has 1 aromatic rings. The quantitative estimate of drug-likeness (QED) is 0.748. The first-order valence-electron chi connectivity index (χ1n) is 10.6. The molecule has 1 atom stereocenters. The second-order valence-corrected chi connectivity index (χ2v) is 8.79. The number of hydrogen-bond donors (Lipinski definition) is 2. The van der Waals surface area contributed by atoms with E-state index in [0.717, 1.165) is 32.5 Å². The van der Waals surface area contributed by atoms with Crippen LogP contribution in [0.4, 0.5) is 0 Å². The molecule has 3 aliphatic heterocycles. The van der Waals surface area contributed by atoms with Crippen molar-refractivity contribution in [1.29, 1.82) is 0 Å². The maximum atomic E-state index is 12.9. The van der Waals surface area contributed by atoms with Gasteiger partial charge in [0.1, 0.15) is 11.9 Å². The van der Waals surface area contributed by atoms with E-state index in [1.54, 1.807) is 30.0 Å². The minimum absolute atomic E-state index is 0.0944. The number of carbonyl (C=O) groups is 2. The third kappa shape index (κ3) is 3.98. The summed E-state index contributed by atoms with van der Waals surface area (Å²) in [4.78, 5) is 29.6. The Hall–Kier alpha value is -2.12. The molecule has 7 heteroatoms. The van der Waals surface area contributed by atoms with Gasteiger partial charge in [0.05, 0.1) is 11.5 Å². The normalized spacial score (nSPS) is 25.4. The maximum absolute atomic E-state index is 12.9. The summed E-state index contributed by atoms with van der Waals surface area (Å²) >= 11 is 0. The van der Waals surface area contributed by atoms with Crippen molar-refractivity contribution in [2.75, 3.05) is 32.7 Å². The number of hydrogen-bond acceptors (Lipinski definition) is 6. The molecule has 1 aromatic carbocycles. The van der Waals surface area contributed by atoms with E-state index < -0.39 is 5.41 Å². The highest BCUT2D eigenvalue weighted by Gasteiger charge is 2.51. The van der Waals surface area contributed by atoms with E-state index >= 15 is 0 Å². The van der Waals surface area contributed by atoms with Crippen LogP contribution in [-0.2, 0) is 9.53 Å². The van der Waals surface area contributed by atoms with Crippen molar-refractivity contribution >= 4 is 11.9 Å². The first kappa shape index (κ1) is 20.2. The third-order valence-electron chi connectivity index (χ3n) is 6.89. The van der Waals surface area contributed by atoms with Gasteiger partial charge in [0.25, 0.3) is 5.91 Å². The van der Waals surface area contributed by atoms with Gasteiger partial charge < -0.3 is 19.8 Å². The summed E-state index contributed by atoms with van der Waals surface area (Å²) in [6.07, 6.45) is 3.18. The predicted octanol–water partition coefficient (Wildman–Crippen LogP) is 1.70. The van der Waals surface area contributed by atoms with Gasteiger partial charge in [-0.2, -0.15) is 0 Å². The Kier molecular flexibility index (Phi) is 5.53. The molecule has 3 heterocycles. The van der Waals surface area contributed by atoms with E-state index in [1.807, 2.05) is 0 Å². The maximum Gasteiger partial charge on any atom is 0.312 e. The first-order valence-corrected chi connectivity index (χ1v) is 10.6. The second-order valence-electron chi connectivity index (χ2n) is 8.79. The van der Waals surface area contributed by atoms with Crippen molar-refractivity contribution in [3.8, 4) is 5.75 Å². The number of phenols is 1. The Balaban J connectivity index is 1.35. The van der Waals surface area contributed by atoms with Crippen molar-refractivity contribution < 1.29 is 24.5 Å². The van der Waals surface area contributed by atoms with Gasteiger partial charge in [-0.25, -0.2) is 0 Å². The van der Waals surface area contributed by atoms with E-state index in [4.69, 9.17) is 4.74 Å². The van der Waals surface area contributed by atoms with Gasteiger partial charge in [0, 0.05) is 50.3 Å². The fraction of sp³-hybridized carbons (Fsp3) is 0.636. The zero-order chi connectivity index (χ0) is 20.6. The first-order chi connectivity index (χ1) is 13.9. The summed E-state index contributed by atoms with van der Waals surface area (Å²) in [6, 6.07) is 4.99. The summed E-state index contributed by atoms with van der Waals surface area (Å²) in [5, 5.41) is 19.5. The smallest absolute Gasteiger partial charge is 0.312 e. The Labute approximate surface area is 171 Å². The molecule has 1 spiro atoms. The molecule has 3 saturated heterocycles. The fourth-order valence-corrected chi connectivity index (χ4v) is 4.90. The van der Waals surface area contributed by atoms with Crippen molar-refractivity contribution in [1.82, 2.24) is 9.80 Å². The molecule has 2 N–H and O–H groups in total. The number of aliphatic hydroxyl groups is 1. The average Bonchev–Trinajstić information content (AvgIpc) is 3.00. The number of esters is 1. The molecule has 0 aromatic heterocycles. The Morgan fingerprint density at radius 3 is 2.59 bits per heavy atom. The lowest BCUT2D eigenvalue weighted by atomic mass is 9.76. The van der Waals surface area contributed by atoms with E-state index in [2.05, 4.69) is 4.90 Å². The zero-order valence-electron chi connectivity index (χ0n) is 17.0. The van der Waals surface area contributed by atoms with E-state index in [1.165, 1.54) is 0 Å². The van der Waals surface area contributed by atoms with Gasteiger partial charge in [0.15, 0.2) is 0 Å². The van der Waals surface area contributed by atoms with Gasteiger partial charge in [-0.3, -0.25) is 14.5 Å². The second kappa shape index (κ2) is 7.95. The summed E-state index contributed by atoms with van der Waals surface area (Å²) in [6.45, 7) is 5.19. The van der Waals surface area contributed by atoms with Crippen molar-refractivity contribution in [3.63, 3.8) is 0 Å². The van der Waals surface area contributed by atoms with Crippen molar-refractivity contribution in [2.24, 2.45) is 5.41 Å². The van der Waals surface area contributed by atoms with Crippen LogP contribution in [0.2, 0.25) is 0 Å². The number of nitrogens with zero attached hydrogens (tertiary/aromatic N) is 2. The highest BCUT2D eigenvalue weighted by molar-refractivity contribution is 5.96. The number of likely N-dealkylation sites (tertiary alicyclic amines) is 2. The Morgan fingerprint density at radius 1 is 1.21 bits per heavy atom. The fourth-order valence-electron chi connectivity index (χ4n) is 4.90. The number of piperidine rings is 2. The van der Waals surface area contributed by atoms with Crippen LogP contribution >= 0.6 is 0 Å². The van der Waals surface area contributed by atoms with Crippen LogP contribution in [0.5, 0.6) is 5.75 Å². The summed E-state index contributed by atoms with van der Waals surface area (Å²) < 4.78 is 5.72. The van der Waals surface area contributed by atoms with Gasteiger partial charge >= 0.3 is 5.97 Å². The number of carbonyl (C=O) groups excluding carboxylic acids is 2. The van der Waals surface area contributed by atoms with E-state index in [9.17, 15) is 19.8 Å². The van der Waals surface area contributed by atoms with Crippen LogP contribution in [-0.4, -0.2) is 76.8 Å². The summed E-state index contributed by atoms with van der Waals surface area (Å²) in [7, 11) is 0. The minimum atomic E-state index is -0.482. The Bertz CT molecular complexity index is 779. The standard InChI is InChI=1S/C22H30N2O5/c1-15-18(3-2-4-19(15)26)20(27)24-11-7-22(8-12-24)13-17(29-21(22)28)14-23-9-5-16(25)6-10-23/h2-4,16-17,25-26H,5-14H2,1H3. The van der Waals surface area contributed by atoms with E-state index in [0.29, 0.717) is 43.5 Å². The molecule has 4 rings (SSSR count). The van der Waals surface area contributed by atoms with Crippen LogP contribution in [0, 0.1) is 12.3 Å². The monoisotopic (exact) mass is 402 g/mol. The SMILES string of the molecule is Cc1c(O)cccc1C(=O)N1CCC2(CC1)CC(CN1CCC(O)CC1)OC2=O. The number of phenolic OH excluding ortho intramolecular Hbond substituents is 1. The topological polar surface area (TPSA) is 90.3 Å². The highest BCUT2D eigenvalue weighted by Crippen LogP contribution is 2.43. The van der Waals surface area contributed by atoms with Crippen LogP contribution < -0.4 is 0 Å². The molecule has 1 amide bonds. The number of rotatable bonds is 3. The highest BCUT2D eigenvalue weighted by atomic mass is 16.6. The van der Waals surface area contributed by atoms with Gasteiger partial charge in [-0.15, -0.1) is 0 Å². The average molecular weight is 402 g/mol. The lowest BCUT2D eigenvalue weighted by Gasteiger charge is -2.37. The molecule has 0 bridgehead atoms. The van der Waals surface area contributed by atoms with Crippen LogP contribution in [0.15, 0.2) is 18.2 Å². The number of aromatic hydroxyl groups is 1. The lowest BCUT2D eigenvalue weighted by molar-refractivity contribution is -0.151. The summed E-state index contributed by atoms with van der Waals surface area (Å²) in [5.74, 6) is -0.0972. The van der Waals surface area contributed by atoms with Crippen LogP contribution in [0.3, 0.4) is 0 Å².